The van der Waals surface area contributed by atoms with E-state index in [9.17, 15) is 18.0 Å². The van der Waals surface area contributed by atoms with Crippen LogP contribution in [0.25, 0.3) is 0 Å². The molecule has 3 aromatic rings. The molecular formula is C28H32N2O8S. The largest absolute Gasteiger partial charge is 0.494 e. The topological polar surface area (TPSA) is 129 Å². The van der Waals surface area contributed by atoms with E-state index in [2.05, 4.69) is 10.0 Å². The molecule has 10 nitrogen and oxygen atoms in total. The van der Waals surface area contributed by atoms with Gasteiger partial charge in [-0.05, 0) is 49.6 Å². The third-order valence-corrected chi connectivity index (χ3v) is 7.31. The van der Waals surface area contributed by atoms with Gasteiger partial charge in [-0.1, -0.05) is 30.3 Å². The molecule has 1 amide bonds. The van der Waals surface area contributed by atoms with Crippen LogP contribution >= 0.6 is 0 Å². The van der Waals surface area contributed by atoms with Gasteiger partial charge < -0.3 is 24.3 Å². The first-order valence-electron chi connectivity index (χ1n) is 12.1. The van der Waals surface area contributed by atoms with Crippen molar-refractivity contribution >= 4 is 27.6 Å². The van der Waals surface area contributed by atoms with Crippen molar-refractivity contribution < 1.29 is 37.0 Å². The summed E-state index contributed by atoms with van der Waals surface area (Å²) in [6, 6.07) is 15.0. The van der Waals surface area contributed by atoms with Crippen molar-refractivity contribution in [2.24, 2.45) is 0 Å². The maximum atomic E-state index is 13.6. The maximum Gasteiger partial charge on any atom is 0.340 e. The number of benzene rings is 3. The molecule has 208 valence electrons. The Morgan fingerprint density at radius 3 is 2.15 bits per heavy atom. The number of hydrogen-bond acceptors (Lipinski definition) is 8. The minimum atomic E-state index is -4.13. The third-order valence-electron chi connectivity index (χ3n) is 5.84. The Bertz CT molecular complexity index is 1420. The van der Waals surface area contributed by atoms with Gasteiger partial charge in [0.2, 0.25) is 15.9 Å². The fraction of sp³-hybridized carbons (Fsp3) is 0.286. The highest BCUT2D eigenvalue weighted by Gasteiger charge is 2.28. The van der Waals surface area contributed by atoms with Crippen LogP contribution < -0.4 is 24.2 Å². The number of nitrogens with one attached hydrogen (secondary N) is 2. The molecule has 39 heavy (non-hydrogen) atoms. The molecule has 0 heterocycles. The van der Waals surface area contributed by atoms with Gasteiger partial charge in [-0.15, -0.1) is 0 Å². The van der Waals surface area contributed by atoms with Crippen molar-refractivity contribution in [3.8, 4) is 17.2 Å². The molecule has 3 aromatic carbocycles. The molecule has 0 fully saturated rings. The summed E-state index contributed by atoms with van der Waals surface area (Å²) in [7, 11) is -0.108. The fourth-order valence-corrected chi connectivity index (χ4v) is 5.16. The van der Waals surface area contributed by atoms with E-state index in [1.54, 1.807) is 37.3 Å². The van der Waals surface area contributed by atoms with Gasteiger partial charge in [0.15, 0.2) is 11.5 Å². The minimum Gasteiger partial charge on any atom is -0.494 e. The molecule has 1 unspecified atom stereocenters. The van der Waals surface area contributed by atoms with Gasteiger partial charge in [0.1, 0.15) is 11.8 Å². The first kappa shape index (κ1) is 29.5. The zero-order valence-corrected chi connectivity index (χ0v) is 23.3. The van der Waals surface area contributed by atoms with E-state index in [-0.39, 0.29) is 34.1 Å². The Hall–Kier alpha value is -4.09. The summed E-state index contributed by atoms with van der Waals surface area (Å²) in [6.45, 7) is 4.01. The molecule has 0 aliphatic rings. The second-order valence-electron chi connectivity index (χ2n) is 8.46. The lowest BCUT2D eigenvalue weighted by atomic mass is 10.1. The number of esters is 1. The lowest BCUT2D eigenvalue weighted by molar-refractivity contribution is -0.117. The molecular weight excluding hydrogens is 524 g/mol. The molecule has 1 atom stereocenters. The van der Waals surface area contributed by atoms with Crippen LogP contribution in [0.3, 0.4) is 0 Å². The second-order valence-corrected chi connectivity index (χ2v) is 10.2. The predicted molar refractivity (Wildman–Crippen MR) is 146 cm³/mol. The minimum absolute atomic E-state index is 0.00644. The Balaban J connectivity index is 1.99. The van der Waals surface area contributed by atoms with E-state index in [0.717, 1.165) is 5.56 Å². The number of aryl methyl sites for hydroxylation is 1. The van der Waals surface area contributed by atoms with Gasteiger partial charge in [-0.3, -0.25) is 4.79 Å². The van der Waals surface area contributed by atoms with Crippen LogP contribution in [0.5, 0.6) is 17.2 Å². The highest BCUT2D eigenvalue weighted by molar-refractivity contribution is 7.89. The number of methoxy groups -OCH3 is 3. The first-order valence-corrected chi connectivity index (χ1v) is 13.6. The summed E-state index contributed by atoms with van der Waals surface area (Å²) >= 11 is 0. The second kappa shape index (κ2) is 13.1. The Morgan fingerprint density at radius 2 is 1.56 bits per heavy atom. The number of carbonyl (C=O) groups is 2. The summed E-state index contributed by atoms with van der Waals surface area (Å²) in [5, 5.41) is 2.66. The van der Waals surface area contributed by atoms with Crippen LogP contribution in [0.1, 0.15) is 28.4 Å². The van der Waals surface area contributed by atoms with Gasteiger partial charge >= 0.3 is 5.97 Å². The molecule has 0 bridgehead atoms. The summed E-state index contributed by atoms with van der Waals surface area (Å²) in [6.07, 6.45) is 0.0444. The maximum absolute atomic E-state index is 13.6. The molecule has 3 rings (SSSR count). The average Bonchev–Trinajstić information content (AvgIpc) is 2.93. The zero-order chi connectivity index (χ0) is 28.6. The van der Waals surface area contributed by atoms with Crippen molar-refractivity contribution in [1.82, 2.24) is 4.72 Å². The zero-order valence-electron chi connectivity index (χ0n) is 22.4. The van der Waals surface area contributed by atoms with Gasteiger partial charge in [0, 0.05) is 12.1 Å². The molecule has 0 aliphatic heterocycles. The number of rotatable bonds is 12. The number of hydrogen-bond donors (Lipinski definition) is 2. The number of ether oxygens (including phenoxy) is 4. The first-order chi connectivity index (χ1) is 18.6. The third kappa shape index (κ3) is 7.27. The van der Waals surface area contributed by atoms with Gasteiger partial charge in [-0.25, -0.2) is 13.2 Å². The van der Waals surface area contributed by atoms with Crippen LogP contribution in [0.2, 0.25) is 0 Å². The Kier molecular flexibility index (Phi) is 9.91. The average molecular weight is 557 g/mol. The highest BCUT2D eigenvalue weighted by Crippen LogP contribution is 2.34. The predicted octanol–water partition coefficient (Wildman–Crippen LogP) is 3.73. The summed E-state index contributed by atoms with van der Waals surface area (Å²) in [4.78, 5) is 26.0. The van der Waals surface area contributed by atoms with E-state index in [4.69, 9.17) is 18.9 Å². The number of carbonyl (C=O) groups excluding carboxylic acids is 2. The van der Waals surface area contributed by atoms with E-state index < -0.39 is 27.9 Å². The number of anilines is 1. The van der Waals surface area contributed by atoms with Crippen molar-refractivity contribution in [1.29, 1.82) is 0 Å². The monoisotopic (exact) mass is 556 g/mol. The smallest absolute Gasteiger partial charge is 0.340 e. The lowest BCUT2D eigenvalue weighted by Crippen LogP contribution is -2.45. The number of sulfonamides is 1. The highest BCUT2D eigenvalue weighted by atomic mass is 32.2. The molecule has 2 N–H and O–H groups in total. The Labute approximate surface area is 228 Å². The van der Waals surface area contributed by atoms with Crippen LogP contribution in [0.15, 0.2) is 65.6 Å². The van der Waals surface area contributed by atoms with Crippen LogP contribution in [0, 0.1) is 6.92 Å². The lowest BCUT2D eigenvalue weighted by Gasteiger charge is -2.21. The molecule has 0 radical (unpaired) electrons. The fourth-order valence-electron chi connectivity index (χ4n) is 3.88. The SMILES string of the molecule is CCOc1ccc(S(=O)(=O)NC(Cc2ccccc2)C(=O)Nc2cc(OC)c(OC)cc2C(=O)OC)cc1C. The van der Waals surface area contributed by atoms with E-state index >= 15 is 0 Å². The van der Waals surface area contributed by atoms with Crippen molar-refractivity contribution in [3.63, 3.8) is 0 Å². The number of amides is 1. The quantitative estimate of drug-likeness (QED) is 0.323. The Morgan fingerprint density at radius 1 is 0.897 bits per heavy atom. The molecule has 0 spiro atoms. The van der Waals surface area contributed by atoms with Crippen molar-refractivity contribution in [2.45, 2.75) is 31.2 Å². The molecule has 0 aliphatic carbocycles. The van der Waals surface area contributed by atoms with Crippen molar-refractivity contribution in [2.75, 3.05) is 33.3 Å². The van der Waals surface area contributed by atoms with Gasteiger partial charge in [0.05, 0.1) is 44.1 Å². The normalized spacial score (nSPS) is 11.8. The summed E-state index contributed by atoms with van der Waals surface area (Å²) in [5.41, 5.74) is 1.44. The summed E-state index contributed by atoms with van der Waals surface area (Å²) < 4.78 is 50.2. The molecule has 0 saturated heterocycles. The standard InChI is InChI=1S/C28H32N2O8S/c1-6-38-24-13-12-20(14-18(24)2)39(33,34)30-23(15-19-10-8-7-9-11-19)27(31)29-22-17-26(36-4)25(35-3)16-21(22)28(32)37-5/h7-14,16-17,23,30H,6,15H2,1-5H3,(H,29,31). The van der Waals surface area contributed by atoms with Crippen LogP contribution in [-0.4, -0.2) is 54.3 Å². The van der Waals surface area contributed by atoms with E-state index in [1.807, 2.05) is 13.0 Å². The van der Waals surface area contributed by atoms with Crippen LogP contribution in [-0.2, 0) is 26.0 Å². The van der Waals surface area contributed by atoms with Gasteiger partial charge in [0.25, 0.3) is 0 Å². The summed E-state index contributed by atoms with van der Waals surface area (Å²) in [5.74, 6) is -0.341. The van der Waals surface area contributed by atoms with Crippen molar-refractivity contribution in [3.05, 3.63) is 77.4 Å². The van der Waals surface area contributed by atoms with Crippen LogP contribution in [0.4, 0.5) is 5.69 Å². The molecule has 0 aromatic heterocycles. The molecule has 0 saturated carbocycles. The van der Waals surface area contributed by atoms with E-state index in [0.29, 0.717) is 17.9 Å². The van der Waals surface area contributed by atoms with Gasteiger partial charge in [-0.2, -0.15) is 4.72 Å². The molecule has 11 heteroatoms. The van der Waals surface area contributed by atoms with E-state index in [1.165, 1.54) is 45.6 Å².